The molecule has 21 heavy (non-hydrogen) atoms. The molecule has 0 saturated heterocycles. The molecule has 4 nitrogen and oxygen atoms in total. The maximum Gasteiger partial charge on any atom is 0.261 e. The smallest absolute Gasteiger partial charge is 0.261 e. The molecule has 0 aliphatic heterocycles. The highest BCUT2D eigenvalue weighted by molar-refractivity contribution is 6.30. The Morgan fingerprint density at radius 3 is 2.81 bits per heavy atom. The molecule has 0 aromatic heterocycles. The van der Waals surface area contributed by atoms with Crippen LogP contribution in [0, 0.1) is 5.82 Å². The van der Waals surface area contributed by atoms with E-state index >= 15 is 0 Å². The number of hydrogen-bond acceptors (Lipinski definition) is 3. The lowest BCUT2D eigenvalue weighted by Gasteiger charge is -2.13. The molecule has 0 aliphatic rings. The van der Waals surface area contributed by atoms with Gasteiger partial charge in [-0.05, 0) is 37.3 Å². The summed E-state index contributed by atoms with van der Waals surface area (Å²) in [6.07, 6.45) is 0. The number of rotatable bonds is 4. The van der Waals surface area contributed by atoms with Crippen LogP contribution in [0.5, 0.6) is 5.75 Å². The number of halogens is 2. The first kappa shape index (κ1) is 15.1. The van der Waals surface area contributed by atoms with E-state index in [1.807, 2.05) is 0 Å². The number of benzene rings is 2. The van der Waals surface area contributed by atoms with Gasteiger partial charge in [-0.1, -0.05) is 17.7 Å². The molecule has 0 radical (unpaired) electrons. The van der Waals surface area contributed by atoms with Crippen LogP contribution in [0.25, 0.3) is 0 Å². The fraction of sp³-hybridized carbons (Fsp3) is 0.133. The van der Waals surface area contributed by atoms with Crippen molar-refractivity contribution < 1.29 is 13.9 Å². The van der Waals surface area contributed by atoms with Gasteiger partial charge in [0.25, 0.3) is 5.91 Å². The highest BCUT2D eigenvalue weighted by atomic mass is 35.5. The molecule has 0 aliphatic carbocycles. The summed E-state index contributed by atoms with van der Waals surface area (Å²) < 4.78 is 19.1. The maximum atomic E-state index is 13.7. The second-order valence-corrected chi connectivity index (χ2v) is 4.67. The van der Waals surface area contributed by atoms with Crippen molar-refractivity contribution in [1.82, 2.24) is 0 Å². The number of amides is 1. The SMILES string of the molecule is CCOc1cccc(N)c1C(=O)Nc1ccc(Cl)cc1F. The van der Waals surface area contributed by atoms with Gasteiger partial charge in [0.1, 0.15) is 17.1 Å². The Balaban J connectivity index is 2.32. The van der Waals surface area contributed by atoms with E-state index in [1.54, 1.807) is 25.1 Å². The van der Waals surface area contributed by atoms with E-state index in [0.717, 1.165) is 6.07 Å². The van der Waals surface area contributed by atoms with Crippen molar-refractivity contribution >= 4 is 28.9 Å². The Kier molecular flexibility index (Phi) is 4.65. The molecule has 0 fully saturated rings. The number of carbonyl (C=O) groups excluding carboxylic acids is 1. The van der Waals surface area contributed by atoms with E-state index in [1.165, 1.54) is 12.1 Å². The fourth-order valence-corrected chi connectivity index (χ4v) is 2.00. The highest BCUT2D eigenvalue weighted by Gasteiger charge is 2.17. The van der Waals surface area contributed by atoms with Gasteiger partial charge in [0, 0.05) is 10.7 Å². The Hall–Kier alpha value is -2.27. The molecule has 6 heteroatoms. The average molecular weight is 309 g/mol. The Bertz CT molecular complexity index is 677. The van der Waals surface area contributed by atoms with Crippen LogP contribution >= 0.6 is 11.6 Å². The minimum absolute atomic E-state index is 0.0232. The van der Waals surface area contributed by atoms with Gasteiger partial charge in [0.05, 0.1) is 12.3 Å². The third kappa shape index (κ3) is 3.44. The second kappa shape index (κ2) is 6.45. The summed E-state index contributed by atoms with van der Waals surface area (Å²) in [5.41, 5.74) is 6.27. The standard InChI is InChI=1S/C15H14ClFN2O2/c1-2-21-13-5-3-4-11(18)14(13)15(20)19-12-7-6-9(16)8-10(12)17/h3-8H,2,18H2,1H3,(H,19,20). The minimum atomic E-state index is -0.622. The van der Waals surface area contributed by atoms with Crippen molar-refractivity contribution in [2.75, 3.05) is 17.7 Å². The van der Waals surface area contributed by atoms with Gasteiger partial charge < -0.3 is 15.8 Å². The Morgan fingerprint density at radius 2 is 2.14 bits per heavy atom. The molecule has 0 atom stereocenters. The molecule has 2 rings (SSSR count). The van der Waals surface area contributed by atoms with Gasteiger partial charge in [-0.3, -0.25) is 4.79 Å². The number of carbonyl (C=O) groups is 1. The molecule has 110 valence electrons. The zero-order valence-electron chi connectivity index (χ0n) is 11.3. The number of nitrogen functional groups attached to an aromatic ring is 1. The van der Waals surface area contributed by atoms with Crippen molar-refractivity contribution in [3.05, 3.63) is 52.8 Å². The van der Waals surface area contributed by atoms with Crippen LogP contribution in [-0.4, -0.2) is 12.5 Å². The fourth-order valence-electron chi connectivity index (χ4n) is 1.84. The Morgan fingerprint density at radius 1 is 1.38 bits per heavy atom. The van der Waals surface area contributed by atoms with Crippen LogP contribution < -0.4 is 15.8 Å². The van der Waals surface area contributed by atoms with Crippen LogP contribution in [-0.2, 0) is 0 Å². The molecule has 0 saturated carbocycles. The molecule has 2 aromatic rings. The number of anilines is 2. The monoisotopic (exact) mass is 308 g/mol. The number of nitrogens with one attached hydrogen (secondary N) is 1. The predicted molar refractivity (Wildman–Crippen MR) is 81.4 cm³/mol. The zero-order chi connectivity index (χ0) is 15.4. The quantitative estimate of drug-likeness (QED) is 0.846. The van der Waals surface area contributed by atoms with Gasteiger partial charge >= 0.3 is 0 Å². The van der Waals surface area contributed by atoms with Gasteiger partial charge in [-0.15, -0.1) is 0 Å². The molecular weight excluding hydrogens is 295 g/mol. The van der Waals surface area contributed by atoms with E-state index in [0.29, 0.717) is 12.4 Å². The molecule has 2 aromatic carbocycles. The summed E-state index contributed by atoms with van der Waals surface area (Å²) in [4.78, 5) is 12.3. The topological polar surface area (TPSA) is 64.3 Å². The first-order valence-corrected chi connectivity index (χ1v) is 6.68. The van der Waals surface area contributed by atoms with Crippen molar-refractivity contribution in [1.29, 1.82) is 0 Å². The van der Waals surface area contributed by atoms with Gasteiger partial charge in [0.2, 0.25) is 0 Å². The largest absolute Gasteiger partial charge is 0.493 e. The second-order valence-electron chi connectivity index (χ2n) is 4.23. The third-order valence-corrected chi connectivity index (χ3v) is 3.00. The van der Waals surface area contributed by atoms with Gasteiger partial charge in [-0.25, -0.2) is 4.39 Å². The van der Waals surface area contributed by atoms with Crippen LogP contribution in [0.2, 0.25) is 5.02 Å². The lowest BCUT2D eigenvalue weighted by atomic mass is 10.1. The van der Waals surface area contributed by atoms with Crippen molar-refractivity contribution in [2.45, 2.75) is 6.92 Å². The number of nitrogens with two attached hydrogens (primary N) is 1. The summed E-state index contributed by atoms with van der Waals surface area (Å²) in [6, 6.07) is 8.88. The van der Waals surface area contributed by atoms with E-state index in [-0.39, 0.29) is 22.0 Å². The van der Waals surface area contributed by atoms with Crippen LogP contribution in [0.4, 0.5) is 15.8 Å². The minimum Gasteiger partial charge on any atom is -0.493 e. The lowest BCUT2D eigenvalue weighted by Crippen LogP contribution is -2.16. The van der Waals surface area contributed by atoms with E-state index in [9.17, 15) is 9.18 Å². The number of ether oxygens (including phenoxy) is 1. The number of hydrogen-bond donors (Lipinski definition) is 2. The first-order valence-electron chi connectivity index (χ1n) is 6.30. The van der Waals surface area contributed by atoms with Crippen molar-refractivity contribution in [3.63, 3.8) is 0 Å². The van der Waals surface area contributed by atoms with Crippen LogP contribution in [0.3, 0.4) is 0 Å². The van der Waals surface area contributed by atoms with Crippen LogP contribution in [0.15, 0.2) is 36.4 Å². The molecule has 0 unspecified atom stereocenters. The van der Waals surface area contributed by atoms with E-state index in [4.69, 9.17) is 22.1 Å². The van der Waals surface area contributed by atoms with Gasteiger partial charge in [0.15, 0.2) is 0 Å². The average Bonchev–Trinajstić information content (AvgIpc) is 2.42. The molecular formula is C15H14ClFN2O2. The molecule has 0 spiro atoms. The molecule has 1 amide bonds. The highest BCUT2D eigenvalue weighted by Crippen LogP contribution is 2.26. The zero-order valence-corrected chi connectivity index (χ0v) is 12.1. The molecule has 0 bridgehead atoms. The first-order chi connectivity index (χ1) is 10.0. The van der Waals surface area contributed by atoms with E-state index < -0.39 is 11.7 Å². The maximum absolute atomic E-state index is 13.7. The van der Waals surface area contributed by atoms with Crippen LogP contribution in [0.1, 0.15) is 17.3 Å². The van der Waals surface area contributed by atoms with Crippen molar-refractivity contribution in [3.8, 4) is 5.75 Å². The Labute approximate surface area is 126 Å². The molecule has 0 heterocycles. The van der Waals surface area contributed by atoms with Gasteiger partial charge in [-0.2, -0.15) is 0 Å². The molecule has 3 N–H and O–H groups in total. The third-order valence-electron chi connectivity index (χ3n) is 2.76. The summed E-state index contributed by atoms with van der Waals surface area (Å²) >= 11 is 5.67. The summed E-state index contributed by atoms with van der Waals surface area (Å²) in [5, 5.41) is 2.71. The van der Waals surface area contributed by atoms with E-state index in [2.05, 4.69) is 5.32 Å². The summed E-state index contributed by atoms with van der Waals surface area (Å²) in [7, 11) is 0. The predicted octanol–water partition coefficient (Wildman–Crippen LogP) is 3.71. The normalized spacial score (nSPS) is 10.2. The summed E-state index contributed by atoms with van der Waals surface area (Å²) in [6.45, 7) is 2.18. The van der Waals surface area contributed by atoms with Crippen molar-refractivity contribution in [2.24, 2.45) is 0 Å². The summed E-state index contributed by atoms with van der Waals surface area (Å²) in [5.74, 6) is -0.814. The lowest BCUT2D eigenvalue weighted by molar-refractivity contribution is 0.102.